The lowest BCUT2D eigenvalue weighted by Gasteiger charge is -2.16. The predicted molar refractivity (Wildman–Crippen MR) is 88.9 cm³/mol. The molecule has 3 rings (SSSR count). The summed E-state index contributed by atoms with van der Waals surface area (Å²) < 4.78 is 0. The van der Waals surface area contributed by atoms with Crippen LogP contribution in [0.15, 0.2) is 36.5 Å². The van der Waals surface area contributed by atoms with E-state index in [1.807, 2.05) is 12.3 Å². The van der Waals surface area contributed by atoms with E-state index in [4.69, 9.17) is 4.98 Å². The second-order valence-electron chi connectivity index (χ2n) is 5.14. The normalized spacial score (nSPS) is 12.7. The first-order valence-electron chi connectivity index (χ1n) is 7.21. The van der Waals surface area contributed by atoms with Crippen LogP contribution in [0.4, 0.5) is 0 Å². The minimum atomic E-state index is 0.150. The number of benzene rings is 1. The van der Waals surface area contributed by atoms with Crippen molar-refractivity contribution in [1.82, 2.24) is 15.3 Å². The summed E-state index contributed by atoms with van der Waals surface area (Å²) >= 11 is 1.77. The van der Waals surface area contributed by atoms with E-state index >= 15 is 0 Å². The number of rotatable bonds is 4. The van der Waals surface area contributed by atoms with E-state index in [0.29, 0.717) is 0 Å². The molecule has 0 aliphatic heterocycles. The van der Waals surface area contributed by atoms with Gasteiger partial charge in [0, 0.05) is 16.5 Å². The van der Waals surface area contributed by atoms with Crippen LogP contribution in [-0.2, 0) is 0 Å². The maximum absolute atomic E-state index is 4.73. The van der Waals surface area contributed by atoms with Crippen LogP contribution in [0.2, 0.25) is 0 Å². The van der Waals surface area contributed by atoms with E-state index in [9.17, 15) is 0 Å². The zero-order valence-corrected chi connectivity index (χ0v) is 13.4. The quantitative estimate of drug-likeness (QED) is 0.790. The third-order valence-electron chi connectivity index (χ3n) is 3.66. The summed E-state index contributed by atoms with van der Waals surface area (Å²) in [4.78, 5) is 10.4. The second kappa shape index (κ2) is 5.92. The highest BCUT2D eigenvalue weighted by atomic mass is 32.1. The van der Waals surface area contributed by atoms with Gasteiger partial charge in [0.1, 0.15) is 5.01 Å². The molecule has 0 aliphatic carbocycles. The van der Waals surface area contributed by atoms with Crippen LogP contribution < -0.4 is 5.32 Å². The van der Waals surface area contributed by atoms with Crippen molar-refractivity contribution in [1.29, 1.82) is 0 Å². The fourth-order valence-corrected chi connectivity index (χ4v) is 3.47. The highest BCUT2D eigenvalue weighted by Crippen LogP contribution is 2.29. The number of hydrogen-bond donors (Lipinski definition) is 1. The molecule has 0 spiro atoms. The summed E-state index contributed by atoms with van der Waals surface area (Å²) in [7, 11) is 0. The van der Waals surface area contributed by atoms with Crippen LogP contribution in [0.1, 0.15) is 34.1 Å². The molecule has 0 saturated heterocycles. The molecule has 3 nitrogen and oxygen atoms in total. The number of pyridine rings is 1. The largest absolute Gasteiger partial charge is 0.305 e. The molecule has 0 saturated carbocycles. The molecular weight excluding hydrogens is 278 g/mol. The Kier molecular flexibility index (Phi) is 3.99. The fourth-order valence-electron chi connectivity index (χ4n) is 2.45. The first-order chi connectivity index (χ1) is 10.2. The van der Waals surface area contributed by atoms with Gasteiger partial charge in [-0.1, -0.05) is 19.1 Å². The summed E-state index contributed by atoms with van der Waals surface area (Å²) in [5, 5.41) is 5.85. The lowest BCUT2D eigenvalue weighted by molar-refractivity contribution is 0.626. The van der Waals surface area contributed by atoms with Crippen molar-refractivity contribution in [3.63, 3.8) is 0 Å². The average Bonchev–Trinajstić information content (AvgIpc) is 2.83. The zero-order valence-electron chi connectivity index (χ0n) is 12.6. The Bertz CT molecular complexity index is 744. The number of aryl methyl sites for hydroxylation is 2. The van der Waals surface area contributed by atoms with Gasteiger partial charge in [0.2, 0.25) is 0 Å². The molecule has 0 radical (unpaired) electrons. The number of aromatic nitrogens is 2. The van der Waals surface area contributed by atoms with E-state index in [0.717, 1.165) is 22.8 Å². The second-order valence-corrected chi connectivity index (χ2v) is 6.37. The summed E-state index contributed by atoms with van der Waals surface area (Å²) in [6.45, 7) is 7.24. The first kappa shape index (κ1) is 14.2. The maximum Gasteiger partial charge on any atom is 0.115 e. The van der Waals surface area contributed by atoms with Crippen molar-refractivity contribution < 1.29 is 0 Å². The van der Waals surface area contributed by atoms with E-state index in [2.05, 4.69) is 55.3 Å². The van der Waals surface area contributed by atoms with Crippen molar-refractivity contribution in [3.8, 4) is 0 Å². The maximum atomic E-state index is 4.73. The molecule has 0 amide bonds. The minimum Gasteiger partial charge on any atom is -0.305 e. The number of nitrogens with one attached hydrogen (secondary N) is 1. The lowest BCUT2D eigenvalue weighted by atomic mass is 10.0. The first-order valence-corrected chi connectivity index (χ1v) is 8.02. The van der Waals surface area contributed by atoms with Gasteiger partial charge in [-0.05, 0) is 44.2 Å². The standard InChI is InChI=1S/C17H19N3S/c1-4-18-16(17-20-11(2)12(3)21-17)14-7-8-15-13(10-14)6-5-9-19-15/h5-10,16,18H,4H2,1-3H3. The average molecular weight is 297 g/mol. The van der Waals surface area contributed by atoms with Gasteiger partial charge in [0.25, 0.3) is 0 Å². The van der Waals surface area contributed by atoms with Gasteiger partial charge in [-0.15, -0.1) is 11.3 Å². The van der Waals surface area contributed by atoms with Gasteiger partial charge in [-0.25, -0.2) is 4.98 Å². The van der Waals surface area contributed by atoms with Crippen molar-refractivity contribution in [2.24, 2.45) is 0 Å². The van der Waals surface area contributed by atoms with Gasteiger partial charge in [-0.2, -0.15) is 0 Å². The minimum absolute atomic E-state index is 0.150. The topological polar surface area (TPSA) is 37.8 Å². The SMILES string of the molecule is CCNC(c1ccc2ncccc2c1)c1nc(C)c(C)s1. The molecule has 1 unspecified atom stereocenters. The number of nitrogens with zero attached hydrogens (tertiary/aromatic N) is 2. The molecule has 0 bridgehead atoms. The number of fused-ring (bicyclic) bond motifs is 1. The van der Waals surface area contributed by atoms with Gasteiger partial charge >= 0.3 is 0 Å². The highest BCUT2D eigenvalue weighted by Gasteiger charge is 2.18. The van der Waals surface area contributed by atoms with Crippen molar-refractivity contribution in [2.45, 2.75) is 26.8 Å². The summed E-state index contributed by atoms with van der Waals surface area (Å²) in [5.41, 5.74) is 3.40. The van der Waals surface area contributed by atoms with Crippen molar-refractivity contribution in [2.75, 3.05) is 6.54 Å². The molecule has 3 aromatic rings. The molecule has 108 valence electrons. The Morgan fingerprint density at radius 3 is 2.81 bits per heavy atom. The summed E-state index contributed by atoms with van der Waals surface area (Å²) in [6, 6.07) is 10.7. The Labute approximate surface area is 129 Å². The van der Waals surface area contributed by atoms with Crippen LogP contribution in [0, 0.1) is 13.8 Å². The molecule has 0 aliphatic rings. The molecule has 2 aromatic heterocycles. The molecule has 1 atom stereocenters. The summed E-state index contributed by atoms with van der Waals surface area (Å²) in [5.74, 6) is 0. The van der Waals surface area contributed by atoms with Crippen molar-refractivity contribution in [3.05, 3.63) is 57.7 Å². The molecule has 0 fully saturated rings. The Hall–Kier alpha value is -1.78. The molecular formula is C17H19N3S. The zero-order chi connectivity index (χ0) is 14.8. The van der Waals surface area contributed by atoms with E-state index in [1.54, 1.807) is 11.3 Å². The summed E-state index contributed by atoms with van der Waals surface area (Å²) in [6.07, 6.45) is 1.83. The van der Waals surface area contributed by atoms with E-state index < -0.39 is 0 Å². The Balaban J connectivity index is 2.06. The smallest absolute Gasteiger partial charge is 0.115 e. The molecule has 21 heavy (non-hydrogen) atoms. The van der Waals surface area contributed by atoms with E-state index in [-0.39, 0.29) is 6.04 Å². The fraction of sp³-hybridized carbons (Fsp3) is 0.294. The number of thiazole rings is 1. The monoisotopic (exact) mass is 297 g/mol. The Morgan fingerprint density at radius 1 is 1.24 bits per heavy atom. The van der Waals surface area contributed by atoms with Crippen LogP contribution in [0.5, 0.6) is 0 Å². The van der Waals surface area contributed by atoms with Crippen LogP contribution in [-0.4, -0.2) is 16.5 Å². The van der Waals surface area contributed by atoms with Crippen LogP contribution >= 0.6 is 11.3 Å². The van der Waals surface area contributed by atoms with Crippen LogP contribution in [0.25, 0.3) is 10.9 Å². The third kappa shape index (κ3) is 2.82. The Morgan fingerprint density at radius 2 is 2.10 bits per heavy atom. The highest BCUT2D eigenvalue weighted by molar-refractivity contribution is 7.11. The molecule has 4 heteroatoms. The molecule has 1 aromatic carbocycles. The van der Waals surface area contributed by atoms with Gasteiger partial charge in [-0.3, -0.25) is 4.98 Å². The third-order valence-corrected chi connectivity index (χ3v) is 4.80. The molecule has 1 N–H and O–H groups in total. The van der Waals surface area contributed by atoms with E-state index in [1.165, 1.54) is 15.8 Å². The predicted octanol–water partition coefficient (Wildman–Crippen LogP) is 4.01. The number of hydrogen-bond acceptors (Lipinski definition) is 4. The lowest BCUT2D eigenvalue weighted by Crippen LogP contribution is -2.21. The van der Waals surface area contributed by atoms with Gasteiger partial charge in [0.15, 0.2) is 0 Å². The molecule has 2 heterocycles. The van der Waals surface area contributed by atoms with Gasteiger partial charge < -0.3 is 5.32 Å². The van der Waals surface area contributed by atoms with Crippen molar-refractivity contribution >= 4 is 22.2 Å². The van der Waals surface area contributed by atoms with Crippen LogP contribution in [0.3, 0.4) is 0 Å². The van der Waals surface area contributed by atoms with Gasteiger partial charge in [0.05, 0.1) is 17.3 Å².